The van der Waals surface area contributed by atoms with E-state index in [9.17, 15) is 10.2 Å². The van der Waals surface area contributed by atoms with E-state index in [1.165, 1.54) is 6.07 Å². The zero-order valence-corrected chi connectivity index (χ0v) is 9.48. The zero-order valence-electron chi connectivity index (χ0n) is 9.48. The Labute approximate surface area is 95.5 Å². The molecule has 0 spiro atoms. The summed E-state index contributed by atoms with van der Waals surface area (Å²) >= 11 is 0. The van der Waals surface area contributed by atoms with Crippen LogP contribution in [0.2, 0.25) is 0 Å². The molecule has 1 aromatic rings. The Balaban J connectivity index is 2.15. The summed E-state index contributed by atoms with van der Waals surface area (Å²) in [5.74, 6) is 0.244. The fourth-order valence-electron chi connectivity index (χ4n) is 2.14. The van der Waals surface area contributed by atoms with Gasteiger partial charge in [0, 0.05) is 38.3 Å². The first kappa shape index (κ1) is 11.2. The lowest BCUT2D eigenvalue weighted by molar-refractivity contribution is 0.185. The molecule has 1 aromatic carbocycles. The van der Waals surface area contributed by atoms with Gasteiger partial charge in [-0.1, -0.05) is 0 Å². The molecule has 1 saturated heterocycles. The lowest BCUT2D eigenvalue weighted by Crippen LogP contribution is -2.44. The van der Waals surface area contributed by atoms with Crippen molar-refractivity contribution in [2.75, 3.05) is 26.2 Å². The van der Waals surface area contributed by atoms with Crippen LogP contribution in [0.1, 0.15) is 18.5 Å². The predicted molar refractivity (Wildman–Crippen MR) is 62.6 cm³/mol. The Morgan fingerprint density at radius 3 is 2.25 bits per heavy atom. The number of hydrogen-bond acceptors (Lipinski definition) is 4. The molecular weight excluding hydrogens is 204 g/mol. The minimum atomic E-state index is 0.122. The van der Waals surface area contributed by atoms with Crippen LogP contribution in [0.5, 0.6) is 11.5 Å². The summed E-state index contributed by atoms with van der Waals surface area (Å²) in [6.07, 6.45) is 0. The molecule has 0 saturated carbocycles. The molecule has 0 bridgehead atoms. The van der Waals surface area contributed by atoms with Crippen LogP contribution in [-0.2, 0) is 0 Å². The van der Waals surface area contributed by atoms with Gasteiger partial charge in [0.25, 0.3) is 0 Å². The SMILES string of the molecule is CC(c1cc(O)cc(O)c1)N1CCNCC1. The third kappa shape index (κ3) is 2.46. The molecule has 16 heavy (non-hydrogen) atoms. The highest BCUT2D eigenvalue weighted by molar-refractivity contribution is 5.38. The number of aromatic hydroxyl groups is 2. The van der Waals surface area contributed by atoms with Crippen molar-refractivity contribution < 1.29 is 10.2 Å². The van der Waals surface area contributed by atoms with Crippen molar-refractivity contribution >= 4 is 0 Å². The molecule has 1 aliphatic rings. The molecule has 0 aromatic heterocycles. The van der Waals surface area contributed by atoms with E-state index in [0.29, 0.717) is 0 Å². The molecule has 0 amide bonds. The minimum Gasteiger partial charge on any atom is -0.508 e. The van der Waals surface area contributed by atoms with Gasteiger partial charge in [0.15, 0.2) is 0 Å². The molecule has 3 N–H and O–H groups in total. The van der Waals surface area contributed by atoms with Gasteiger partial charge < -0.3 is 15.5 Å². The van der Waals surface area contributed by atoms with Crippen molar-refractivity contribution in [1.82, 2.24) is 10.2 Å². The highest BCUT2D eigenvalue weighted by atomic mass is 16.3. The average molecular weight is 222 g/mol. The van der Waals surface area contributed by atoms with Gasteiger partial charge >= 0.3 is 0 Å². The van der Waals surface area contributed by atoms with Gasteiger partial charge in [-0.05, 0) is 24.6 Å². The molecule has 1 fully saturated rings. The number of phenols is 2. The van der Waals surface area contributed by atoms with Crippen LogP contribution in [0.3, 0.4) is 0 Å². The second-order valence-corrected chi connectivity index (χ2v) is 4.24. The van der Waals surface area contributed by atoms with E-state index >= 15 is 0 Å². The van der Waals surface area contributed by atoms with Gasteiger partial charge in [0.2, 0.25) is 0 Å². The first-order valence-corrected chi connectivity index (χ1v) is 5.64. The molecule has 4 nitrogen and oxygen atoms in total. The second-order valence-electron chi connectivity index (χ2n) is 4.24. The minimum absolute atomic E-state index is 0.122. The maximum Gasteiger partial charge on any atom is 0.119 e. The van der Waals surface area contributed by atoms with Gasteiger partial charge in [0.05, 0.1) is 0 Å². The Bertz CT molecular complexity index is 342. The van der Waals surface area contributed by atoms with Gasteiger partial charge in [-0.15, -0.1) is 0 Å². The first-order chi connectivity index (χ1) is 7.66. The third-order valence-corrected chi connectivity index (χ3v) is 3.11. The van der Waals surface area contributed by atoms with Crippen molar-refractivity contribution in [3.8, 4) is 11.5 Å². The first-order valence-electron chi connectivity index (χ1n) is 5.64. The van der Waals surface area contributed by atoms with Crippen molar-refractivity contribution in [2.24, 2.45) is 0 Å². The largest absolute Gasteiger partial charge is 0.508 e. The maximum absolute atomic E-state index is 9.45. The van der Waals surface area contributed by atoms with Crippen LogP contribution < -0.4 is 5.32 Å². The standard InChI is InChI=1S/C12H18N2O2/c1-9(14-4-2-13-3-5-14)10-6-11(15)8-12(16)7-10/h6-9,13,15-16H,2-5H2,1H3. The topological polar surface area (TPSA) is 55.7 Å². The number of benzene rings is 1. The van der Waals surface area contributed by atoms with Crippen molar-refractivity contribution in [2.45, 2.75) is 13.0 Å². The molecule has 0 radical (unpaired) electrons. The van der Waals surface area contributed by atoms with Gasteiger partial charge in [-0.25, -0.2) is 0 Å². The average Bonchev–Trinajstić information content (AvgIpc) is 2.28. The Morgan fingerprint density at radius 2 is 1.69 bits per heavy atom. The zero-order chi connectivity index (χ0) is 11.5. The molecule has 0 aliphatic carbocycles. The van der Waals surface area contributed by atoms with Crippen LogP contribution in [0.15, 0.2) is 18.2 Å². The van der Waals surface area contributed by atoms with E-state index in [-0.39, 0.29) is 17.5 Å². The van der Waals surface area contributed by atoms with Crippen molar-refractivity contribution in [3.05, 3.63) is 23.8 Å². The number of nitrogens with one attached hydrogen (secondary N) is 1. The Hall–Kier alpha value is -1.26. The number of nitrogens with zero attached hydrogens (tertiary/aromatic N) is 1. The maximum atomic E-state index is 9.45. The summed E-state index contributed by atoms with van der Waals surface area (Å²) in [4.78, 5) is 2.34. The second kappa shape index (κ2) is 4.72. The monoisotopic (exact) mass is 222 g/mol. The number of piperazine rings is 1. The highest BCUT2D eigenvalue weighted by Crippen LogP contribution is 2.28. The van der Waals surface area contributed by atoms with E-state index in [0.717, 1.165) is 31.7 Å². The summed E-state index contributed by atoms with van der Waals surface area (Å²) in [6, 6.07) is 5.01. The van der Waals surface area contributed by atoms with Crippen LogP contribution in [0.4, 0.5) is 0 Å². The normalized spacial score (nSPS) is 19.6. The Morgan fingerprint density at radius 1 is 1.12 bits per heavy atom. The fourth-order valence-corrected chi connectivity index (χ4v) is 2.14. The van der Waals surface area contributed by atoms with E-state index in [1.807, 2.05) is 0 Å². The summed E-state index contributed by atoms with van der Waals surface area (Å²) < 4.78 is 0. The third-order valence-electron chi connectivity index (χ3n) is 3.11. The summed E-state index contributed by atoms with van der Waals surface area (Å²) in [7, 11) is 0. The molecular formula is C12H18N2O2. The van der Waals surface area contributed by atoms with Crippen LogP contribution in [-0.4, -0.2) is 41.3 Å². The number of phenolic OH excluding ortho intramolecular Hbond substituents is 2. The molecule has 4 heteroatoms. The lowest BCUT2D eigenvalue weighted by Gasteiger charge is -2.33. The summed E-state index contributed by atoms with van der Waals surface area (Å²) in [6.45, 7) is 6.08. The van der Waals surface area contributed by atoms with Crippen molar-refractivity contribution in [3.63, 3.8) is 0 Å². The smallest absolute Gasteiger partial charge is 0.119 e. The van der Waals surface area contributed by atoms with E-state index in [1.54, 1.807) is 12.1 Å². The quantitative estimate of drug-likeness (QED) is 0.700. The molecule has 1 heterocycles. The number of hydrogen-bond donors (Lipinski definition) is 3. The molecule has 88 valence electrons. The van der Waals surface area contributed by atoms with Crippen LogP contribution >= 0.6 is 0 Å². The van der Waals surface area contributed by atoms with Crippen LogP contribution in [0, 0.1) is 0 Å². The fraction of sp³-hybridized carbons (Fsp3) is 0.500. The summed E-state index contributed by atoms with van der Waals surface area (Å²) in [5, 5.41) is 22.2. The van der Waals surface area contributed by atoms with E-state index in [4.69, 9.17) is 0 Å². The summed E-state index contributed by atoms with van der Waals surface area (Å²) in [5.41, 5.74) is 0.958. The van der Waals surface area contributed by atoms with E-state index < -0.39 is 0 Å². The predicted octanol–water partition coefficient (Wildman–Crippen LogP) is 1.06. The highest BCUT2D eigenvalue weighted by Gasteiger charge is 2.18. The molecule has 1 atom stereocenters. The van der Waals surface area contributed by atoms with Gasteiger partial charge in [0.1, 0.15) is 11.5 Å². The lowest BCUT2D eigenvalue weighted by atomic mass is 10.1. The van der Waals surface area contributed by atoms with Gasteiger partial charge in [-0.2, -0.15) is 0 Å². The van der Waals surface area contributed by atoms with Gasteiger partial charge in [-0.3, -0.25) is 4.90 Å². The van der Waals surface area contributed by atoms with Crippen LogP contribution in [0.25, 0.3) is 0 Å². The molecule has 1 unspecified atom stereocenters. The number of rotatable bonds is 2. The molecule has 2 rings (SSSR count). The Kier molecular flexibility index (Phi) is 3.31. The van der Waals surface area contributed by atoms with Crippen molar-refractivity contribution in [1.29, 1.82) is 0 Å². The van der Waals surface area contributed by atoms with E-state index in [2.05, 4.69) is 17.1 Å². The molecule has 1 aliphatic heterocycles.